The molecule has 0 saturated carbocycles. The molecule has 0 bridgehead atoms. The summed E-state index contributed by atoms with van der Waals surface area (Å²) in [5.41, 5.74) is -0.491. The SMILES string of the molecule is COC1=NCCNC1C(=O)OC(C)(C)C. The van der Waals surface area contributed by atoms with Crippen molar-refractivity contribution in [3.8, 4) is 0 Å². The molecule has 0 aromatic carbocycles. The second-order valence-corrected chi connectivity index (χ2v) is 4.34. The van der Waals surface area contributed by atoms with Gasteiger partial charge in [0.1, 0.15) is 5.60 Å². The molecule has 0 saturated heterocycles. The molecule has 0 aromatic rings. The molecule has 1 heterocycles. The van der Waals surface area contributed by atoms with E-state index in [2.05, 4.69) is 10.3 Å². The molecule has 0 aliphatic carbocycles. The van der Waals surface area contributed by atoms with Crippen LogP contribution in [0.15, 0.2) is 4.99 Å². The van der Waals surface area contributed by atoms with Gasteiger partial charge in [0.05, 0.1) is 13.7 Å². The van der Waals surface area contributed by atoms with Gasteiger partial charge in [-0.05, 0) is 20.8 Å². The van der Waals surface area contributed by atoms with Gasteiger partial charge < -0.3 is 9.47 Å². The number of hydrogen-bond acceptors (Lipinski definition) is 5. The third kappa shape index (κ3) is 3.51. The van der Waals surface area contributed by atoms with E-state index in [9.17, 15) is 4.79 Å². The standard InChI is InChI=1S/C10H18N2O3/c1-10(2,3)15-9(13)7-8(14-4)12-6-5-11-7/h7,11H,5-6H2,1-4H3. The summed E-state index contributed by atoms with van der Waals surface area (Å²) < 4.78 is 10.3. The molecule has 0 spiro atoms. The van der Waals surface area contributed by atoms with Crippen LogP contribution in [0.3, 0.4) is 0 Å². The Bertz CT molecular complexity index is 268. The van der Waals surface area contributed by atoms with Gasteiger partial charge in [0.25, 0.3) is 0 Å². The van der Waals surface area contributed by atoms with E-state index in [0.717, 1.165) is 0 Å². The van der Waals surface area contributed by atoms with Crippen molar-refractivity contribution in [2.75, 3.05) is 20.2 Å². The summed E-state index contributed by atoms with van der Waals surface area (Å²) in [6.07, 6.45) is 0. The molecular weight excluding hydrogens is 196 g/mol. The van der Waals surface area contributed by atoms with E-state index in [1.54, 1.807) is 0 Å². The zero-order valence-corrected chi connectivity index (χ0v) is 9.66. The minimum Gasteiger partial charge on any atom is -0.483 e. The Morgan fingerprint density at radius 1 is 1.53 bits per heavy atom. The van der Waals surface area contributed by atoms with Crippen LogP contribution in [0.25, 0.3) is 0 Å². The predicted molar refractivity (Wildman–Crippen MR) is 56.9 cm³/mol. The van der Waals surface area contributed by atoms with Gasteiger partial charge >= 0.3 is 5.97 Å². The van der Waals surface area contributed by atoms with E-state index in [-0.39, 0.29) is 5.97 Å². The summed E-state index contributed by atoms with van der Waals surface area (Å²) in [4.78, 5) is 15.8. The number of hydrogen-bond donors (Lipinski definition) is 1. The number of ether oxygens (including phenoxy) is 2. The predicted octanol–water partition coefficient (Wildman–Crippen LogP) is 0.345. The Balaban J connectivity index is 2.66. The van der Waals surface area contributed by atoms with E-state index >= 15 is 0 Å². The molecule has 0 radical (unpaired) electrons. The fourth-order valence-electron chi connectivity index (χ4n) is 1.28. The number of esters is 1. The van der Waals surface area contributed by atoms with Crippen LogP contribution in [-0.2, 0) is 14.3 Å². The lowest BCUT2D eigenvalue weighted by Gasteiger charge is -2.26. The molecule has 0 fully saturated rings. The highest BCUT2D eigenvalue weighted by Gasteiger charge is 2.31. The molecule has 1 aliphatic rings. The minimum atomic E-state index is -0.567. The fraction of sp³-hybridized carbons (Fsp3) is 0.800. The van der Waals surface area contributed by atoms with Crippen molar-refractivity contribution in [2.24, 2.45) is 4.99 Å². The van der Waals surface area contributed by atoms with E-state index in [1.165, 1.54) is 7.11 Å². The molecule has 1 N–H and O–H groups in total. The Hall–Kier alpha value is -1.10. The Labute approximate surface area is 89.9 Å². The van der Waals surface area contributed by atoms with Crippen LogP contribution >= 0.6 is 0 Å². The van der Waals surface area contributed by atoms with E-state index in [4.69, 9.17) is 9.47 Å². The number of methoxy groups -OCH3 is 1. The van der Waals surface area contributed by atoms with Gasteiger partial charge in [0.15, 0.2) is 6.04 Å². The van der Waals surface area contributed by atoms with Gasteiger partial charge in [-0.2, -0.15) is 0 Å². The average Bonchev–Trinajstić information content (AvgIpc) is 2.15. The number of carbonyl (C=O) groups is 1. The largest absolute Gasteiger partial charge is 0.483 e. The van der Waals surface area contributed by atoms with Crippen LogP contribution in [0.1, 0.15) is 20.8 Å². The van der Waals surface area contributed by atoms with E-state index < -0.39 is 11.6 Å². The third-order valence-corrected chi connectivity index (χ3v) is 1.83. The molecule has 1 rings (SSSR count). The summed E-state index contributed by atoms with van der Waals surface area (Å²) in [6.45, 7) is 6.78. The second-order valence-electron chi connectivity index (χ2n) is 4.34. The van der Waals surface area contributed by atoms with Crippen molar-refractivity contribution in [3.63, 3.8) is 0 Å². The van der Waals surface area contributed by atoms with Crippen LogP contribution in [0.5, 0.6) is 0 Å². The van der Waals surface area contributed by atoms with Gasteiger partial charge in [0.2, 0.25) is 5.90 Å². The molecular formula is C10H18N2O3. The first-order valence-electron chi connectivity index (χ1n) is 4.98. The van der Waals surface area contributed by atoms with Gasteiger partial charge in [-0.25, -0.2) is 4.79 Å². The zero-order chi connectivity index (χ0) is 11.5. The number of rotatable bonds is 1. The first kappa shape index (κ1) is 12.0. The number of aliphatic imine (C=N–C) groups is 1. The summed E-state index contributed by atoms with van der Waals surface area (Å²) in [6, 6.07) is -0.567. The van der Waals surface area contributed by atoms with Crippen LogP contribution in [0, 0.1) is 0 Å². The highest BCUT2D eigenvalue weighted by Crippen LogP contribution is 2.10. The minimum absolute atomic E-state index is 0.345. The Morgan fingerprint density at radius 3 is 2.73 bits per heavy atom. The summed E-state index contributed by atoms with van der Waals surface area (Å²) >= 11 is 0. The van der Waals surface area contributed by atoms with Crippen LogP contribution in [-0.4, -0.2) is 43.7 Å². The van der Waals surface area contributed by atoms with Gasteiger partial charge in [-0.3, -0.25) is 10.3 Å². The lowest BCUT2D eigenvalue weighted by atomic mass is 10.2. The average molecular weight is 214 g/mol. The first-order chi connectivity index (χ1) is 6.94. The van der Waals surface area contributed by atoms with Crippen molar-refractivity contribution in [1.82, 2.24) is 5.32 Å². The molecule has 5 heteroatoms. The molecule has 1 atom stereocenters. The van der Waals surface area contributed by atoms with E-state index in [1.807, 2.05) is 20.8 Å². The number of nitrogens with zero attached hydrogens (tertiary/aromatic N) is 1. The second kappa shape index (κ2) is 4.61. The maximum absolute atomic E-state index is 11.7. The van der Waals surface area contributed by atoms with Crippen LogP contribution in [0.2, 0.25) is 0 Å². The molecule has 0 aromatic heterocycles. The van der Waals surface area contributed by atoms with Crippen molar-refractivity contribution in [3.05, 3.63) is 0 Å². The molecule has 1 unspecified atom stereocenters. The molecule has 1 aliphatic heterocycles. The summed E-state index contributed by atoms with van der Waals surface area (Å²) in [5.74, 6) is 0.0540. The highest BCUT2D eigenvalue weighted by molar-refractivity contribution is 6.02. The molecule has 5 nitrogen and oxygen atoms in total. The quantitative estimate of drug-likeness (QED) is 0.640. The topological polar surface area (TPSA) is 59.9 Å². The maximum atomic E-state index is 11.7. The van der Waals surface area contributed by atoms with Crippen molar-refractivity contribution in [1.29, 1.82) is 0 Å². The zero-order valence-electron chi connectivity index (χ0n) is 9.66. The van der Waals surface area contributed by atoms with E-state index in [0.29, 0.717) is 19.0 Å². The number of carbonyl (C=O) groups excluding carboxylic acids is 1. The Kier molecular flexibility index (Phi) is 3.68. The highest BCUT2D eigenvalue weighted by atomic mass is 16.6. The van der Waals surface area contributed by atoms with Gasteiger partial charge in [-0.15, -0.1) is 0 Å². The molecule has 15 heavy (non-hydrogen) atoms. The summed E-state index contributed by atoms with van der Waals surface area (Å²) in [7, 11) is 1.50. The number of nitrogens with one attached hydrogen (secondary N) is 1. The first-order valence-corrected chi connectivity index (χ1v) is 4.98. The van der Waals surface area contributed by atoms with Crippen LogP contribution < -0.4 is 5.32 Å². The molecule has 86 valence electrons. The van der Waals surface area contributed by atoms with Crippen molar-refractivity contribution < 1.29 is 14.3 Å². The third-order valence-electron chi connectivity index (χ3n) is 1.83. The fourth-order valence-corrected chi connectivity index (χ4v) is 1.28. The van der Waals surface area contributed by atoms with Crippen molar-refractivity contribution in [2.45, 2.75) is 32.4 Å². The molecule has 0 amide bonds. The Morgan fingerprint density at radius 2 is 2.20 bits per heavy atom. The normalized spacial score (nSPS) is 21.9. The summed E-state index contributed by atoms with van der Waals surface area (Å²) in [5, 5.41) is 3.01. The lowest BCUT2D eigenvalue weighted by molar-refractivity contribution is -0.155. The smallest absolute Gasteiger partial charge is 0.333 e. The van der Waals surface area contributed by atoms with Crippen LogP contribution in [0.4, 0.5) is 0 Å². The van der Waals surface area contributed by atoms with Gasteiger partial charge in [-0.1, -0.05) is 0 Å². The van der Waals surface area contributed by atoms with Crippen molar-refractivity contribution >= 4 is 11.9 Å². The van der Waals surface area contributed by atoms with Gasteiger partial charge in [0, 0.05) is 6.54 Å². The maximum Gasteiger partial charge on any atom is 0.333 e. The lowest BCUT2D eigenvalue weighted by Crippen LogP contribution is -2.50. The monoisotopic (exact) mass is 214 g/mol.